The van der Waals surface area contributed by atoms with Gasteiger partial charge in [0.2, 0.25) is 0 Å². The Morgan fingerprint density at radius 1 is 1.50 bits per heavy atom. The van der Waals surface area contributed by atoms with Gasteiger partial charge >= 0.3 is 5.97 Å². The zero-order chi connectivity index (χ0) is 11.1. The zero-order valence-electron chi connectivity index (χ0n) is 8.82. The molecule has 0 spiro atoms. The lowest BCUT2D eigenvalue weighted by molar-refractivity contribution is -0.143. The molecule has 0 aromatic carbocycles. The van der Waals surface area contributed by atoms with Crippen LogP contribution < -0.4 is 0 Å². The monoisotopic (exact) mass is 221 g/mol. The SMILES string of the molecule is CCC(C)CCOC(=O)C(C)S(=O)[O-]. The van der Waals surface area contributed by atoms with Crippen LogP contribution in [0.2, 0.25) is 0 Å². The van der Waals surface area contributed by atoms with Gasteiger partial charge in [0.1, 0.15) is 5.25 Å². The van der Waals surface area contributed by atoms with Crippen molar-refractivity contribution in [3.05, 3.63) is 0 Å². The van der Waals surface area contributed by atoms with Crippen molar-refractivity contribution in [1.82, 2.24) is 0 Å². The van der Waals surface area contributed by atoms with Crippen LogP contribution in [0.5, 0.6) is 0 Å². The van der Waals surface area contributed by atoms with E-state index in [2.05, 4.69) is 13.8 Å². The molecule has 0 aliphatic heterocycles. The Labute approximate surface area is 87.3 Å². The fourth-order valence-electron chi connectivity index (χ4n) is 0.761. The van der Waals surface area contributed by atoms with Crippen molar-refractivity contribution in [3.63, 3.8) is 0 Å². The highest BCUT2D eigenvalue weighted by Gasteiger charge is 2.14. The number of carbonyl (C=O) groups excluding carboxylic acids is 1. The quantitative estimate of drug-likeness (QED) is 0.500. The molecule has 0 amide bonds. The standard InChI is InChI=1S/C9H18O4S/c1-4-7(2)5-6-13-9(10)8(3)14(11)12/h7-8H,4-6H2,1-3H3,(H,11,12)/p-1. The maximum absolute atomic E-state index is 11.0. The van der Waals surface area contributed by atoms with Crippen molar-refractivity contribution in [3.8, 4) is 0 Å². The first-order chi connectivity index (χ1) is 6.49. The lowest BCUT2D eigenvalue weighted by atomic mass is 10.1. The van der Waals surface area contributed by atoms with Crippen LogP contribution in [0.25, 0.3) is 0 Å². The summed E-state index contributed by atoms with van der Waals surface area (Å²) in [6.07, 6.45) is 1.81. The summed E-state index contributed by atoms with van der Waals surface area (Å²) in [5, 5.41) is -1.06. The molecule has 0 saturated heterocycles. The highest BCUT2D eigenvalue weighted by Crippen LogP contribution is 2.06. The Kier molecular flexibility index (Phi) is 6.74. The van der Waals surface area contributed by atoms with E-state index in [1.54, 1.807) is 0 Å². The van der Waals surface area contributed by atoms with Crippen molar-refractivity contribution in [2.45, 2.75) is 38.9 Å². The van der Waals surface area contributed by atoms with Gasteiger partial charge in [-0.1, -0.05) is 20.3 Å². The number of ether oxygens (including phenoxy) is 1. The average molecular weight is 221 g/mol. The molecule has 0 aromatic heterocycles. The van der Waals surface area contributed by atoms with Gasteiger partial charge < -0.3 is 9.29 Å². The van der Waals surface area contributed by atoms with E-state index in [1.165, 1.54) is 6.92 Å². The maximum atomic E-state index is 11.0. The van der Waals surface area contributed by atoms with E-state index in [4.69, 9.17) is 4.74 Å². The Hall–Kier alpha value is -0.420. The van der Waals surface area contributed by atoms with Crippen LogP contribution in [0.1, 0.15) is 33.6 Å². The molecular weight excluding hydrogens is 204 g/mol. The lowest BCUT2D eigenvalue weighted by Gasteiger charge is -2.14. The predicted octanol–water partition coefficient (Wildman–Crippen LogP) is 1.23. The first-order valence-electron chi connectivity index (χ1n) is 4.73. The Morgan fingerprint density at radius 3 is 2.50 bits per heavy atom. The second-order valence-electron chi connectivity index (χ2n) is 3.37. The molecule has 0 aliphatic carbocycles. The predicted molar refractivity (Wildman–Crippen MR) is 53.4 cm³/mol. The number of rotatable bonds is 6. The minimum absolute atomic E-state index is 0.301. The zero-order valence-corrected chi connectivity index (χ0v) is 9.63. The molecule has 0 fully saturated rings. The van der Waals surface area contributed by atoms with Gasteiger partial charge in [0.15, 0.2) is 0 Å². The van der Waals surface area contributed by atoms with E-state index in [9.17, 15) is 13.6 Å². The molecule has 0 saturated carbocycles. The summed E-state index contributed by atoms with van der Waals surface area (Å²) in [5.41, 5.74) is 0. The average Bonchev–Trinajstić information content (AvgIpc) is 2.15. The number of hydrogen-bond donors (Lipinski definition) is 0. The third-order valence-electron chi connectivity index (χ3n) is 2.17. The third-order valence-corrected chi connectivity index (χ3v) is 2.94. The molecule has 0 rings (SSSR count). The smallest absolute Gasteiger partial charge is 0.320 e. The van der Waals surface area contributed by atoms with Gasteiger partial charge in [-0.3, -0.25) is 9.00 Å². The summed E-state index contributed by atoms with van der Waals surface area (Å²) in [5.74, 6) is -0.169. The van der Waals surface area contributed by atoms with Gasteiger partial charge in [0.25, 0.3) is 0 Å². The number of hydrogen-bond acceptors (Lipinski definition) is 4. The minimum Gasteiger partial charge on any atom is -0.772 e. The van der Waals surface area contributed by atoms with E-state index in [0.29, 0.717) is 12.5 Å². The van der Waals surface area contributed by atoms with Crippen molar-refractivity contribution in [2.75, 3.05) is 6.61 Å². The molecule has 3 unspecified atom stereocenters. The molecule has 0 bridgehead atoms. The summed E-state index contributed by atoms with van der Waals surface area (Å²) in [4.78, 5) is 11.0. The molecule has 0 N–H and O–H groups in total. The second kappa shape index (κ2) is 6.95. The summed E-state index contributed by atoms with van der Waals surface area (Å²) >= 11 is -2.38. The van der Waals surface area contributed by atoms with E-state index in [-0.39, 0.29) is 0 Å². The number of carbonyl (C=O) groups is 1. The van der Waals surface area contributed by atoms with Gasteiger partial charge in [-0.05, 0) is 30.3 Å². The van der Waals surface area contributed by atoms with Crippen molar-refractivity contribution in [1.29, 1.82) is 0 Å². The molecule has 0 aromatic rings. The highest BCUT2D eigenvalue weighted by molar-refractivity contribution is 7.80. The molecule has 5 heteroatoms. The van der Waals surface area contributed by atoms with Crippen LogP contribution in [-0.4, -0.2) is 26.6 Å². The molecule has 84 valence electrons. The topological polar surface area (TPSA) is 66.4 Å². The van der Waals surface area contributed by atoms with E-state index >= 15 is 0 Å². The Bertz CT molecular complexity index is 205. The maximum Gasteiger partial charge on any atom is 0.320 e. The summed E-state index contributed by atoms with van der Waals surface area (Å²) in [6, 6.07) is 0. The van der Waals surface area contributed by atoms with Crippen LogP contribution in [-0.2, 0) is 20.6 Å². The van der Waals surface area contributed by atoms with E-state index in [0.717, 1.165) is 12.8 Å². The third kappa shape index (κ3) is 5.34. The second-order valence-corrected chi connectivity index (χ2v) is 4.60. The Morgan fingerprint density at radius 2 is 2.07 bits per heavy atom. The van der Waals surface area contributed by atoms with Crippen LogP contribution in [0.15, 0.2) is 0 Å². The van der Waals surface area contributed by atoms with Crippen molar-refractivity contribution in [2.24, 2.45) is 5.92 Å². The van der Waals surface area contributed by atoms with E-state index < -0.39 is 22.3 Å². The van der Waals surface area contributed by atoms with Gasteiger partial charge in [-0.2, -0.15) is 0 Å². The summed E-state index contributed by atoms with van der Waals surface area (Å²) in [7, 11) is 0. The minimum atomic E-state index is -2.38. The fourth-order valence-corrected chi connectivity index (χ4v) is 0.986. The first kappa shape index (κ1) is 13.6. The lowest BCUT2D eigenvalue weighted by Crippen LogP contribution is -2.25. The largest absolute Gasteiger partial charge is 0.772 e. The molecule has 14 heavy (non-hydrogen) atoms. The first-order valence-corrected chi connectivity index (χ1v) is 5.87. The van der Waals surface area contributed by atoms with Gasteiger partial charge in [-0.25, -0.2) is 0 Å². The summed E-state index contributed by atoms with van der Waals surface area (Å²) < 4.78 is 25.6. The van der Waals surface area contributed by atoms with Crippen molar-refractivity contribution < 1.29 is 18.3 Å². The molecular formula is C9H17O4S-. The van der Waals surface area contributed by atoms with E-state index in [1.807, 2.05) is 0 Å². The molecule has 0 aliphatic rings. The van der Waals surface area contributed by atoms with Gasteiger partial charge in [0.05, 0.1) is 6.61 Å². The number of esters is 1. The molecule has 4 nitrogen and oxygen atoms in total. The van der Waals surface area contributed by atoms with Crippen LogP contribution in [0.3, 0.4) is 0 Å². The van der Waals surface area contributed by atoms with Gasteiger partial charge in [-0.15, -0.1) is 0 Å². The van der Waals surface area contributed by atoms with Gasteiger partial charge in [0, 0.05) is 0 Å². The summed E-state index contributed by atoms with van der Waals surface area (Å²) in [6.45, 7) is 5.73. The molecule has 3 atom stereocenters. The Balaban J connectivity index is 3.69. The van der Waals surface area contributed by atoms with Crippen molar-refractivity contribution >= 4 is 17.0 Å². The highest BCUT2D eigenvalue weighted by atomic mass is 32.2. The van der Waals surface area contributed by atoms with Crippen LogP contribution in [0, 0.1) is 5.92 Å². The normalized spacial score (nSPS) is 17.1. The fraction of sp³-hybridized carbons (Fsp3) is 0.889. The van der Waals surface area contributed by atoms with Crippen LogP contribution in [0.4, 0.5) is 0 Å². The molecule has 0 heterocycles. The van der Waals surface area contributed by atoms with Crippen LogP contribution >= 0.6 is 0 Å². The molecule has 0 radical (unpaired) electrons.